The minimum Gasteiger partial charge on any atom is -0.369 e. The zero-order valence-corrected chi connectivity index (χ0v) is 9.55. The van der Waals surface area contributed by atoms with Crippen LogP contribution in [0.15, 0.2) is 10.9 Å². The predicted molar refractivity (Wildman–Crippen MR) is 63.4 cm³/mol. The summed E-state index contributed by atoms with van der Waals surface area (Å²) in [6, 6.07) is 1.49. The molecule has 0 aromatic carbocycles. The smallest absolute Gasteiger partial charge is 0.252 e. The summed E-state index contributed by atoms with van der Waals surface area (Å²) in [6.45, 7) is 3.47. The van der Waals surface area contributed by atoms with Gasteiger partial charge in [0.2, 0.25) is 0 Å². The lowest BCUT2D eigenvalue weighted by Gasteiger charge is -2.13. The first kappa shape index (κ1) is 11.1. The molecule has 5 nitrogen and oxygen atoms in total. The maximum absolute atomic E-state index is 11.3. The Bertz CT molecular complexity index is 422. The number of hydrogen-bond acceptors (Lipinski definition) is 4. The van der Waals surface area contributed by atoms with Crippen molar-refractivity contribution in [1.82, 2.24) is 9.97 Å². The van der Waals surface area contributed by atoms with E-state index in [1.165, 1.54) is 18.9 Å². The fourth-order valence-electron chi connectivity index (χ4n) is 1.67. The summed E-state index contributed by atoms with van der Waals surface area (Å²) in [5.74, 6) is 1.37. The van der Waals surface area contributed by atoms with Gasteiger partial charge in [0.05, 0.1) is 0 Å². The average molecular weight is 222 g/mol. The van der Waals surface area contributed by atoms with Crippen molar-refractivity contribution in [2.24, 2.45) is 11.1 Å². The Morgan fingerprint density at radius 1 is 1.62 bits per heavy atom. The fraction of sp³-hybridized carbons (Fsp3) is 0.636. The summed E-state index contributed by atoms with van der Waals surface area (Å²) in [7, 11) is 0. The number of aromatic nitrogens is 2. The van der Waals surface area contributed by atoms with E-state index in [4.69, 9.17) is 5.73 Å². The third-order valence-electron chi connectivity index (χ3n) is 3.16. The number of anilines is 1. The minimum atomic E-state index is -0.105. The van der Waals surface area contributed by atoms with Crippen molar-refractivity contribution in [2.75, 3.05) is 18.4 Å². The van der Waals surface area contributed by atoms with E-state index in [-0.39, 0.29) is 11.0 Å². The van der Waals surface area contributed by atoms with Gasteiger partial charge in [-0.3, -0.25) is 4.79 Å². The molecule has 0 aliphatic heterocycles. The van der Waals surface area contributed by atoms with E-state index < -0.39 is 0 Å². The van der Waals surface area contributed by atoms with Gasteiger partial charge in [-0.05, 0) is 24.8 Å². The molecule has 1 fully saturated rings. The van der Waals surface area contributed by atoms with Crippen LogP contribution in [-0.2, 0) is 6.42 Å². The molecule has 1 heterocycles. The Hall–Kier alpha value is -1.36. The monoisotopic (exact) mass is 222 g/mol. The van der Waals surface area contributed by atoms with Crippen molar-refractivity contribution in [2.45, 2.75) is 26.2 Å². The molecule has 0 atom stereocenters. The molecule has 1 aliphatic carbocycles. The van der Waals surface area contributed by atoms with Crippen LogP contribution in [0.3, 0.4) is 0 Å². The highest BCUT2D eigenvalue weighted by Crippen LogP contribution is 2.44. The molecule has 2 rings (SSSR count). The molecule has 1 aliphatic rings. The van der Waals surface area contributed by atoms with Crippen molar-refractivity contribution < 1.29 is 0 Å². The molecule has 0 radical (unpaired) electrons. The van der Waals surface area contributed by atoms with Gasteiger partial charge in [0.15, 0.2) is 0 Å². The summed E-state index contributed by atoms with van der Waals surface area (Å²) in [4.78, 5) is 18.3. The number of nitrogens with one attached hydrogen (secondary N) is 2. The number of rotatable bonds is 5. The predicted octanol–water partition coefficient (Wildman–Crippen LogP) is 0.483. The molecule has 88 valence electrons. The van der Waals surface area contributed by atoms with Crippen molar-refractivity contribution in [3.05, 3.63) is 22.2 Å². The summed E-state index contributed by atoms with van der Waals surface area (Å²) in [5, 5.41) is 3.20. The summed E-state index contributed by atoms with van der Waals surface area (Å²) in [5.41, 5.74) is 5.83. The highest BCUT2D eigenvalue weighted by atomic mass is 16.1. The molecule has 4 N–H and O–H groups in total. The highest BCUT2D eigenvalue weighted by molar-refractivity contribution is 5.34. The molecule has 0 saturated heterocycles. The van der Waals surface area contributed by atoms with E-state index in [9.17, 15) is 4.79 Å². The van der Waals surface area contributed by atoms with Gasteiger partial charge in [-0.1, -0.05) is 6.92 Å². The fourth-order valence-corrected chi connectivity index (χ4v) is 1.67. The Morgan fingerprint density at radius 3 is 2.94 bits per heavy atom. The number of nitrogens with two attached hydrogens (primary N) is 1. The lowest BCUT2D eigenvalue weighted by molar-refractivity contribution is 0.554. The van der Waals surface area contributed by atoms with E-state index in [0.29, 0.717) is 18.2 Å². The molecule has 5 heteroatoms. The van der Waals surface area contributed by atoms with Crippen LogP contribution in [0, 0.1) is 5.41 Å². The van der Waals surface area contributed by atoms with Crippen LogP contribution in [0.1, 0.15) is 25.6 Å². The number of aryl methyl sites for hydroxylation is 1. The van der Waals surface area contributed by atoms with Gasteiger partial charge in [0.25, 0.3) is 5.56 Å². The molecule has 1 aromatic rings. The van der Waals surface area contributed by atoms with Crippen molar-refractivity contribution in [3.63, 3.8) is 0 Å². The van der Waals surface area contributed by atoms with Crippen molar-refractivity contribution in [3.8, 4) is 0 Å². The second-order valence-electron chi connectivity index (χ2n) is 4.49. The first-order valence-electron chi connectivity index (χ1n) is 5.72. The van der Waals surface area contributed by atoms with E-state index in [1.54, 1.807) is 0 Å². The SMILES string of the molecule is CCc1nc(NCC2(CN)CC2)cc(=O)[nH]1. The molecular weight excluding hydrogens is 204 g/mol. The lowest BCUT2D eigenvalue weighted by Crippen LogP contribution is -2.25. The molecule has 0 amide bonds. The summed E-state index contributed by atoms with van der Waals surface area (Å²) in [6.07, 6.45) is 3.06. The average Bonchev–Trinajstić information content (AvgIpc) is 3.06. The second kappa shape index (κ2) is 4.25. The van der Waals surface area contributed by atoms with Crippen LogP contribution < -0.4 is 16.6 Å². The molecule has 1 aromatic heterocycles. The minimum absolute atomic E-state index is 0.105. The third kappa shape index (κ3) is 2.41. The van der Waals surface area contributed by atoms with Gasteiger partial charge in [-0.2, -0.15) is 0 Å². The van der Waals surface area contributed by atoms with Crippen LogP contribution in [0.4, 0.5) is 5.82 Å². The zero-order valence-electron chi connectivity index (χ0n) is 9.55. The van der Waals surface area contributed by atoms with E-state index in [2.05, 4.69) is 15.3 Å². The Balaban J connectivity index is 2.04. The van der Waals surface area contributed by atoms with Crippen molar-refractivity contribution in [1.29, 1.82) is 0 Å². The van der Waals surface area contributed by atoms with Gasteiger partial charge in [-0.15, -0.1) is 0 Å². The van der Waals surface area contributed by atoms with E-state index in [1.807, 2.05) is 6.92 Å². The normalized spacial score (nSPS) is 17.1. The quantitative estimate of drug-likeness (QED) is 0.676. The number of H-pyrrole nitrogens is 1. The number of aromatic amines is 1. The first-order valence-corrected chi connectivity index (χ1v) is 5.72. The molecule has 0 unspecified atom stereocenters. The third-order valence-corrected chi connectivity index (χ3v) is 3.16. The Morgan fingerprint density at radius 2 is 2.38 bits per heavy atom. The molecule has 1 saturated carbocycles. The van der Waals surface area contributed by atoms with E-state index in [0.717, 1.165) is 13.0 Å². The standard InChI is InChI=1S/C11H18N4O/c1-2-8-14-9(5-10(16)15-8)13-7-11(6-12)3-4-11/h5H,2-4,6-7,12H2,1H3,(H2,13,14,15,16). The highest BCUT2D eigenvalue weighted by Gasteiger charge is 2.40. The maximum atomic E-state index is 11.3. The zero-order chi connectivity index (χ0) is 11.6. The largest absolute Gasteiger partial charge is 0.369 e. The van der Waals surface area contributed by atoms with Gasteiger partial charge < -0.3 is 16.0 Å². The number of hydrogen-bond donors (Lipinski definition) is 3. The topological polar surface area (TPSA) is 83.8 Å². The van der Waals surface area contributed by atoms with Gasteiger partial charge >= 0.3 is 0 Å². The Kier molecular flexibility index (Phi) is 2.96. The summed E-state index contributed by atoms with van der Waals surface area (Å²) < 4.78 is 0. The van der Waals surface area contributed by atoms with Crippen molar-refractivity contribution >= 4 is 5.82 Å². The van der Waals surface area contributed by atoms with Crippen LogP contribution >= 0.6 is 0 Å². The Labute approximate surface area is 94.5 Å². The van der Waals surface area contributed by atoms with Gasteiger partial charge in [0.1, 0.15) is 11.6 Å². The van der Waals surface area contributed by atoms with Crippen LogP contribution in [0.2, 0.25) is 0 Å². The lowest BCUT2D eigenvalue weighted by atomic mass is 10.1. The molecular formula is C11H18N4O. The summed E-state index contributed by atoms with van der Waals surface area (Å²) >= 11 is 0. The second-order valence-corrected chi connectivity index (χ2v) is 4.49. The van der Waals surface area contributed by atoms with Gasteiger partial charge in [-0.25, -0.2) is 4.98 Å². The number of nitrogens with zero attached hydrogens (tertiary/aromatic N) is 1. The first-order chi connectivity index (χ1) is 7.67. The molecule has 16 heavy (non-hydrogen) atoms. The van der Waals surface area contributed by atoms with E-state index >= 15 is 0 Å². The van der Waals surface area contributed by atoms with Gasteiger partial charge in [0, 0.05) is 19.0 Å². The van der Waals surface area contributed by atoms with Crippen LogP contribution in [0.25, 0.3) is 0 Å². The van der Waals surface area contributed by atoms with Crippen LogP contribution in [-0.4, -0.2) is 23.1 Å². The molecule has 0 spiro atoms. The maximum Gasteiger partial charge on any atom is 0.252 e. The van der Waals surface area contributed by atoms with Crippen LogP contribution in [0.5, 0.6) is 0 Å². The molecule has 0 bridgehead atoms.